The van der Waals surface area contributed by atoms with E-state index in [9.17, 15) is 9.59 Å². The van der Waals surface area contributed by atoms with E-state index in [4.69, 9.17) is 9.47 Å². The largest absolute Gasteiger partial charge is 0.444 e. The molecule has 1 saturated heterocycles. The van der Waals surface area contributed by atoms with E-state index < -0.39 is 23.2 Å². The van der Waals surface area contributed by atoms with Gasteiger partial charge in [-0.15, -0.1) is 0 Å². The second kappa shape index (κ2) is 8.29. The van der Waals surface area contributed by atoms with Crippen LogP contribution in [-0.4, -0.2) is 46.1 Å². The maximum absolute atomic E-state index is 12.8. The first-order valence-corrected chi connectivity index (χ1v) is 9.38. The number of carbonyl (C=O) groups excluding carboxylic acids is 2. The molecule has 8 nitrogen and oxygen atoms in total. The number of anilines is 1. The van der Waals surface area contributed by atoms with Gasteiger partial charge in [0, 0.05) is 12.8 Å². The third kappa shape index (κ3) is 6.86. The Morgan fingerprint density at radius 2 is 2.04 bits per heavy atom. The number of hydrogen-bond donors (Lipinski definition) is 2. The standard InChI is InChI=1S/C19H32N4O4/c1-18(2,3)15(22-17(25)27-19(4,5)6)16(24)21-13-10-20-23(11-13)12-14-8-7-9-26-14/h10-11,14-15H,7-9,12H2,1-6H3,(H,21,24)(H,22,25)/t14-,15-/m1/s1. The van der Waals surface area contributed by atoms with E-state index in [0.717, 1.165) is 19.4 Å². The molecule has 2 atom stereocenters. The summed E-state index contributed by atoms with van der Waals surface area (Å²) >= 11 is 0. The van der Waals surface area contributed by atoms with Crippen LogP contribution in [0.4, 0.5) is 10.5 Å². The average Bonchev–Trinajstić information content (AvgIpc) is 3.14. The van der Waals surface area contributed by atoms with E-state index in [2.05, 4.69) is 15.7 Å². The van der Waals surface area contributed by atoms with E-state index >= 15 is 0 Å². The Labute approximate surface area is 161 Å². The van der Waals surface area contributed by atoms with Crippen LogP contribution in [0.5, 0.6) is 0 Å². The molecule has 2 rings (SSSR count). The normalized spacial score (nSPS) is 18.8. The molecule has 152 valence electrons. The highest BCUT2D eigenvalue weighted by atomic mass is 16.6. The Bertz CT molecular complexity index is 651. The van der Waals surface area contributed by atoms with Crippen LogP contribution in [0.3, 0.4) is 0 Å². The number of amides is 2. The molecule has 2 amide bonds. The third-order valence-electron chi connectivity index (χ3n) is 4.10. The molecule has 2 heterocycles. The minimum atomic E-state index is -0.756. The van der Waals surface area contributed by atoms with Gasteiger partial charge in [-0.05, 0) is 39.0 Å². The first-order chi connectivity index (χ1) is 12.4. The van der Waals surface area contributed by atoms with Crippen LogP contribution < -0.4 is 10.6 Å². The maximum atomic E-state index is 12.8. The van der Waals surface area contributed by atoms with Gasteiger partial charge in [-0.1, -0.05) is 20.8 Å². The van der Waals surface area contributed by atoms with Crippen LogP contribution in [0.2, 0.25) is 0 Å². The van der Waals surface area contributed by atoms with Gasteiger partial charge in [0.25, 0.3) is 0 Å². The Morgan fingerprint density at radius 3 is 2.59 bits per heavy atom. The van der Waals surface area contributed by atoms with Crippen LogP contribution >= 0.6 is 0 Å². The molecule has 0 spiro atoms. The first kappa shape index (κ1) is 21.2. The lowest BCUT2D eigenvalue weighted by Gasteiger charge is -2.31. The summed E-state index contributed by atoms with van der Waals surface area (Å²) in [5, 5.41) is 9.78. The molecule has 1 aliphatic rings. The molecule has 0 saturated carbocycles. The molecule has 0 radical (unpaired) electrons. The number of alkyl carbamates (subject to hydrolysis) is 1. The van der Waals surface area contributed by atoms with Crippen LogP contribution in [-0.2, 0) is 20.8 Å². The zero-order valence-corrected chi connectivity index (χ0v) is 17.2. The maximum Gasteiger partial charge on any atom is 0.408 e. The molecular weight excluding hydrogens is 348 g/mol. The van der Waals surface area contributed by atoms with Gasteiger partial charge < -0.3 is 20.1 Å². The van der Waals surface area contributed by atoms with Crippen molar-refractivity contribution in [2.24, 2.45) is 5.41 Å². The van der Waals surface area contributed by atoms with Crippen LogP contribution in [0, 0.1) is 5.41 Å². The summed E-state index contributed by atoms with van der Waals surface area (Å²) in [6.07, 6.45) is 5.01. The molecule has 1 fully saturated rings. The number of aromatic nitrogens is 2. The van der Waals surface area contributed by atoms with Crippen molar-refractivity contribution >= 4 is 17.7 Å². The van der Waals surface area contributed by atoms with Gasteiger partial charge in [-0.2, -0.15) is 5.10 Å². The molecular formula is C19H32N4O4. The van der Waals surface area contributed by atoms with E-state index in [1.165, 1.54) is 0 Å². The van der Waals surface area contributed by atoms with Crippen LogP contribution in [0.15, 0.2) is 12.4 Å². The van der Waals surface area contributed by atoms with Crippen molar-refractivity contribution in [3.8, 4) is 0 Å². The molecule has 0 unspecified atom stereocenters. The fourth-order valence-corrected chi connectivity index (χ4v) is 2.84. The van der Waals surface area contributed by atoms with E-state index in [0.29, 0.717) is 12.2 Å². The van der Waals surface area contributed by atoms with Gasteiger partial charge >= 0.3 is 6.09 Å². The minimum absolute atomic E-state index is 0.171. The van der Waals surface area contributed by atoms with Crippen molar-refractivity contribution < 1.29 is 19.1 Å². The smallest absolute Gasteiger partial charge is 0.408 e. The summed E-state index contributed by atoms with van der Waals surface area (Å²) in [5.74, 6) is -0.315. The lowest BCUT2D eigenvalue weighted by molar-refractivity contribution is -0.120. The first-order valence-electron chi connectivity index (χ1n) is 9.38. The van der Waals surface area contributed by atoms with Gasteiger partial charge in [-0.3, -0.25) is 9.48 Å². The number of rotatable bonds is 5. The highest BCUT2D eigenvalue weighted by molar-refractivity contribution is 5.96. The van der Waals surface area contributed by atoms with Crippen molar-refractivity contribution in [2.45, 2.75) is 78.7 Å². The zero-order chi connectivity index (χ0) is 20.2. The minimum Gasteiger partial charge on any atom is -0.444 e. The third-order valence-corrected chi connectivity index (χ3v) is 4.10. The fraction of sp³-hybridized carbons (Fsp3) is 0.737. The van der Waals surface area contributed by atoms with Gasteiger partial charge in [0.15, 0.2) is 0 Å². The SMILES string of the molecule is CC(C)(C)OC(=O)N[C@H](C(=O)Nc1cnn(C[C@H]2CCCO2)c1)C(C)(C)C. The van der Waals surface area contributed by atoms with Gasteiger partial charge in [0.2, 0.25) is 5.91 Å². The average molecular weight is 380 g/mol. The van der Waals surface area contributed by atoms with E-state index in [1.54, 1.807) is 37.8 Å². The quantitative estimate of drug-likeness (QED) is 0.819. The predicted octanol–water partition coefficient (Wildman–Crippen LogP) is 2.94. The Kier molecular flexibility index (Phi) is 6.51. The summed E-state index contributed by atoms with van der Waals surface area (Å²) in [5.41, 5.74) is -0.542. The number of carbonyl (C=O) groups is 2. The van der Waals surface area contributed by atoms with Crippen LogP contribution in [0.25, 0.3) is 0 Å². The summed E-state index contributed by atoms with van der Waals surface area (Å²) in [4.78, 5) is 24.9. The Morgan fingerprint density at radius 1 is 1.33 bits per heavy atom. The molecule has 0 aliphatic carbocycles. The molecule has 1 aliphatic heterocycles. The molecule has 1 aromatic rings. The highest BCUT2D eigenvalue weighted by Crippen LogP contribution is 2.22. The monoisotopic (exact) mass is 380 g/mol. The van der Waals surface area contributed by atoms with E-state index in [1.807, 2.05) is 20.8 Å². The zero-order valence-electron chi connectivity index (χ0n) is 17.2. The summed E-state index contributed by atoms with van der Waals surface area (Å²) < 4.78 is 12.6. The molecule has 1 aromatic heterocycles. The number of ether oxygens (including phenoxy) is 2. The van der Waals surface area contributed by atoms with Crippen molar-refractivity contribution in [1.82, 2.24) is 15.1 Å². The molecule has 0 aromatic carbocycles. The summed E-state index contributed by atoms with van der Waals surface area (Å²) in [6.45, 7) is 12.4. The highest BCUT2D eigenvalue weighted by Gasteiger charge is 2.34. The lowest BCUT2D eigenvalue weighted by Crippen LogP contribution is -2.52. The molecule has 2 N–H and O–H groups in total. The van der Waals surface area contributed by atoms with Gasteiger partial charge in [0.1, 0.15) is 11.6 Å². The Balaban J connectivity index is 1.99. The Hall–Kier alpha value is -2.09. The van der Waals surface area contributed by atoms with Gasteiger partial charge in [0.05, 0.1) is 24.5 Å². The number of nitrogens with zero attached hydrogens (tertiary/aromatic N) is 2. The molecule has 27 heavy (non-hydrogen) atoms. The van der Waals surface area contributed by atoms with Crippen molar-refractivity contribution in [3.05, 3.63) is 12.4 Å². The summed E-state index contributed by atoms with van der Waals surface area (Å²) in [7, 11) is 0. The van der Waals surface area contributed by atoms with E-state index in [-0.39, 0.29) is 12.0 Å². The second-order valence-corrected chi connectivity index (χ2v) is 9.02. The fourth-order valence-electron chi connectivity index (χ4n) is 2.84. The predicted molar refractivity (Wildman–Crippen MR) is 102 cm³/mol. The van der Waals surface area contributed by atoms with Gasteiger partial charge in [-0.25, -0.2) is 4.79 Å². The van der Waals surface area contributed by atoms with Crippen LogP contribution in [0.1, 0.15) is 54.4 Å². The van der Waals surface area contributed by atoms with Crippen molar-refractivity contribution in [2.75, 3.05) is 11.9 Å². The van der Waals surface area contributed by atoms with Crippen molar-refractivity contribution in [1.29, 1.82) is 0 Å². The number of hydrogen-bond acceptors (Lipinski definition) is 5. The molecule has 0 bridgehead atoms. The second-order valence-electron chi connectivity index (χ2n) is 9.02. The van der Waals surface area contributed by atoms with Crippen molar-refractivity contribution in [3.63, 3.8) is 0 Å². The number of nitrogens with one attached hydrogen (secondary N) is 2. The molecule has 8 heteroatoms. The topological polar surface area (TPSA) is 94.5 Å². The lowest BCUT2D eigenvalue weighted by atomic mass is 9.86. The summed E-state index contributed by atoms with van der Waals surface area (Å²) in [6, 6.07) is -0.756.